The predicted molar refractivity (Wildman–Crippen MR) is 36.7 cm³/mol. The van der Waals surface area contributed by atoms with Gasteiger partial charge < -0.3 is 0 Å². The van der Waals surface area contributed by atoms with Gasteiger partial charge in [-0.25, -0.2) is 0 Å². The van der Waals surface area contributed by atoms with Crippen LogP contribution in [0.15, 0.2) is 0 Å². The summed E-state index contributed by atoms with van der Waals surface area (Å²) in [6, 6.07) is 0. The van der Waals surface area contributed by atoms with Gasteiger partial charge in [0.15, 0.2) is 0 Å². The van der Waals surface area contributed by atoms with Crippen LogP contribution in [-0.4, -0.2) is 26.7 Å². The zero-order chi connectivity index (χ0) is 5.21. The molecule has 0 spiro atoms. The van der Waals surface area contributed by atoms with Crippen LogP contribution in [0.4, 0.5) is 0 Å². The zero-order valence-corrected chi connectivity index (χ0v) is 10.4. The van der Waals surface area contributed by atoms with Gasteiger partial charge >= 0.3 is 50.9 Å². The molecular formula is C4H13GaSi. The molecule has 0 aliphatic rings. The third-order valence-electron chi connectivity index (χ3n) is 1.06. The van der Waals surface area contributed by atoms with Crippen LogP contribution in [0.3, 0.4) is 0 Å². The molecule has 36 valence electrons. The van der Waals surface area contributed by atoms with Crippen molar-refractivity contribution >= 4 is 26.7 Å². The topological polar surface area (TPSA) is 0 Å². The van der Waals surface area contributed by atoms with E-state index < -0.39 is 8.07 Å². The second-order valence-electron chi connectivity index (χ2n) is 2.91. The van der Waals surface area contributed by atoms with E-state index in [0.717, 1.165) is 18.6 Å². The van der Waals surface area contributed by atoms with Crippen LogP contribution in [0.2, 0.25) is 24.2 Å². The Hall–Kier alpha value is 0.853. The average molecular weight is 159 g/mol. The molecule has 0 bridgehead atoms. The van der Waals surface area contributed by atoms with Crippen LogP contribution < -0.4 is 0 Å². The van der Waals surface area contributed by atoms with Gasteiger partial charge in [0.1, 0.15) is 0 Å². The van der Waals surface area contributed by atoms with Crippen LogP contribution in [-0.2, 0) is 0 Å². The van der Waals surface area contributed by atoms with E-state index in [0.29, 0.717) is 0 Å². The van der Waals surface area contributed by atoms with Crippen LogP contribution in [0, 0.1) is 0 Å². The molecule has 0 aliphatic carbocycles. The molecule has 0 N–H and O–H groups in total. The van der Waals surface area contributed by atoms with E-state index in [-0.39, 0.29) is 0 Å². The van der Waals surface area contributed by atoms with E-state index in [4.69, 9.17) is 0 Å². The van der Waals surface area contributed by atoms with Crippen molar-refractivity contribution in [2.45, 2.75) is 24.2 Å². The summed E-state index contributed by atoms with van der Waals surface area (Å²) in [7, 11) is -0.548. The molecule has 0 rings (SSSR count). The second kappa shape index (κ2) is 2.24. The number of hydrogen-bond donors (Lipinski definition) is 0. The van der Waals surface area contributed by atoms with Crippen molar-refractivity contribution < 1.29 is 0 Å². The Morgan fingerprint density at radius 1 is 1.33 bits per heavy atom. The maximum absolute atomic E-state index is 2.43. The zero-order valence-electron chi connectivity index (χ0n) is 5.21. The van der Waals surface area contributed by atoms with Crippen LogP contribution in [0.25, 0.3) is 0 Å². The van der Waals surface area contributed by atoms with Crippen LogP contribution in [0.1, 0.15) is 0 Å². The fraction of sp³-hybridized carbons (Fsp3) is 1.00. The molecule has 0 aromatic rings. The molecule has 0 nitrogen and oxygen atoms in total. The Balaban J connectivity index is 3.17. The normalized spacial score (nSPS) is 11.8. The first-order chi connectivity index (χ1) is 2.56. The average Bonchev–Trinajstić information content (AvgIpc) is 1.35. The molecule has 0 saturated heterocycles. The molecule has 0 aromatic heterocycles. The first-order valence-electron chi connectivity index (χ1n) is 2.56. The summed E-state index contributed by atoms with van der Waals surface area (Å²) in [4.78, 5) is 0. The summed E-state index contributed by atoms with van der Waals surface area (Å²) in [5.41, 5.74) is 0. The van der Waals surface area contributed by atoms with Gasteiger partial charge in [-0.05, 0) is 0 Å². The van der Waals surface area contributed by atoms with Crippen molar-refractivity contribution in [3.8, 4) is 0 Å². The SMILES string of the molecule is C[Si](C)(C)[CH2][GaH2]. The van der Waals surface area contributed by atoms with Gasteiger partial charge in [-0.2, -0.15) is 0 Å². The molecule has 0 aromatic carbocycles. The summed E-state index contributed by atoms with van der Waals surface area (Å²) in [5.74, 6) is 0. The molecule has 6 heavy (non-hydrogen) atoms. The molecule has 0 aliphatic heterocycles. The molecule has 0 heterocycles. The standard InChI is InChI=1S/C4H11Si.Ga.2H/c1-5(2,3)4;;;/h1H2,2-4H3;;;. The van der Waals surface area contributed by atoms with Crippen molar-refractivity contribution in [2.24, 2.45) is 0 Å². The summed E-state index contributed by atoms with van der Waals surface area (Å²) in [5, 5.41) is 0. The molecule has 0 radical (unpaired) electrons. The van der Waals surface area contributed by atoms with Gasteiger partial charge in [0, 0.05) is 0 Å². The van der Waals surface area contributed by atoms with Crippen molar-refractivity contribution in [1.29, 1.82) is 0 Å². The van der Waals surface area contributed by atoms with E-state index in [1.807, 2.05) is 0 Å². The Bertz CT molecular complexity index is 37.3. The first kappa shape index (κ1) is 6.85. The van der Waals surface area contributed by atoms with Gasteiger partial charge in [0.05, 0.1) is 0 Å². The first-order valence-corrected chi connectivity index (χ1v) is 9.23. The molecule has 0 atom stereocenters. The minimum absolute atomic E-state index is 0.548. The number of rotatable bonds is 1. The Labute approximate surface area is 51.3 Å². The Kier molecular flexibility index (Phi) is 2.55. The monoisotopic (exact) mass is 158 g/mol. The molecule has 0 amide bonds. The van der Waals surface area contributed by atoms with E-state index in [1.165, 1.54) is 0 Å². The van der Waals surface area contributed by atoms with Gasteiger partial charge in [-0.3, -0.25) is 0 Å². The second-order valence-corrected chi connectivity index (χ2v) is 13.2. The van der Waals surface area contributed by atoms with Crippen molar-refractivity contribution in [1.82, 2.24) is 0 Å². The Morgan fingerprint density at radius 2 is 1.50 bits per heavy atom. The fourth-order valence-corrected chi connectivity index (χ4v) is 0. The van der Waals surface area contributed by atoms with Crippen LogP contribution in [0.5, 0.6) is 0 Å². The number of hydrogen-bond acceptors (Lipinski definition) is 0. The van der Waals surface area contributed by atoms with E-state index in [2.05, 4.69) is 19.6 Å². The third-order valence-corrected chi connectivity index (χ3v) is 16.5. The predicted octanol–water partition coefficient (Wildman–Crippen LogP) is 0.915. The van der Waals surface area contributed by atoms with E-state index in [9.17, 15) is 0 Å². The summed E-state index contributed by atoms with van der Waals surface area (Å²) < 4.78 is 1.60. The van der Waals surface area contributed by atoms with E-state index in [1.54, 1.807) is 4.60 Å². The van der Waals surface area contributed by atoms with Crippen molar-refractivity contribution in [2.75, 3.05) is 0 Å². The molecule has 0 saturated carbocycles. The van der Waals surface area contributed by atoms with Crippen molar-refractivity contribution in [3.63, 3.8) is 0 Å². The summed E-state index contributed by atoms with van der Waals surface area (Å²) in [6.07, 6.45) is 0. The summed E-state index contributed by atoms with van der Waals surface area (Å²) in [6.45, 7) is 7.29. The Morgan fingerprint density at radius 3 is 1.50 bits per heavy atom. The molecular weight excluding hydrogens is 146 g/mol. The van der Waals surface area contributed by atoms with Gasteiger partial charge in [-0.15, -0.1) is 0 Å². The third kappa shape index (κ3) is 4.85. The van der Waals surface area contributed by atoms with Gasteiger partial charge in [0.2, 0.25) is 0 Å². The fourth-order valence-electron chi connectivity index (χ4n) is 0. The molecule has 0 unspecified atom stereocenters. The van der Waals surface area contributed by atoms with Crippen LogP contribution >= 0.6 is 0 Å². The minimum atomic E-state index is -0.548. The maximum atomic E-state index is 2.43. The van der Waals surface area contributed by atoms with Gasteiger partial charge in [-0.1, -0.05) is 0 Å². The van der Waals surface area contributed by atoms with Gasteiger partial charge in [0.25, 0.3) is 0 Å². The molecule has 2 heteroatoms. The molecule has 0 fully saturated rings. The van der Waals surface area contributed by atoms with E-state index >= 15 is 0 Å². The van der Waals surface area contributed by atoms with Crippen molar-refractivity contribution in [3.05, 3.63) is 0 Å². The quantitative estimate of drug-likeness (QED) is 0.499. The summed E-state index contributed by atoms with van der Waals surface area (Å²) >= 11 is 1.11.